The summed E-state index contributed by atoms with van der Waals surface area (Å²) in [6.07, 6.45) is -0.357. The van der Waals surface area contributed by atoms with Gasteiger partial charge in [-0.25, -0.2) is 0 Å². The van der Waals surface area contributed by atoms with Crippen LogP contribution in [0.25, 0.3) is 0 Å². The number of halogens is 1. The third-order valence-electron chi connectivity index (χ3n) is 2.96. The van der Waals surface area contributed by atoms with Crippen molar-refractivity contribution in [2.45, 2.75) is 24.9 Å². The Kier molecular flexibility index (Phi) is 8.32. The number of ether oxygens (including phenoxy) is 1. The molecule has 8 heteroatoms. The zero-order chi connectivity index (χ0) is 16.0. The van der Waals surface area contributed by atoms with Crippen molar-refractivity contribution in [3.8, 4) is 0 Å². The number of aliphatic carboxylic acids is 1. The SMILES string of the molecule is COC(=O)[C@@H](N)Cc1ccccc1C(=O)[C@@H](N)CC(=O)O.Cl. The van der Waals surface area contributed by atoms with E-state index >= 15 is 0 Å². The molecule has 5 N–H and O–H groups in total. The maximum atomic E-state index is 12.2. The second-order valence-corrected chi connectivity index (χ2v) is 4.56. The van der Waals surface area contributed by atoms with Crippen LogP contribution in [0, 0.1) is 0 Å². The molecule has 1 aromatic rings. The maximum Gasteiger partial charge on any atom is 0.322 e. The molecule has 0 heterocycles. The lowest BCUT2D eigenvalue weighted by molar-refractivity contribution is -0.142. The fourth-order valence-corrected chi connectivity index (χ4v) is 1.89. The van der Waals surface area contributed by atoms with E-state index in [0.717, 1.165) is 0 Å². The van der Waals surface area contributed by atoms with Gasteiger partial charge in [-0.3, -0.25) is 14.4 Å². The third-order valence-corrected chi connectivity index (χ3v) is 2.96. The number of rotatable bonds is 7. The van der Waals surface area contributed by atoms with E-state index in [0.29, 0.717) is 5.56 Å². The van der Waals surface area contributed by atoms with Crippen molar-refractivity contribution in [1.29, 1.82) is 0 Å². The summed E-state index contributed by atoms with van der Waals surface area (Å²) in [4.78, 5) is 34.1. The molecule has 0 aliphatic carbocycles. The highest BCUT2D eigenvalue weighted by Crippen LogP contribution is 2.14. The summed E-state index contributed by atoms with van der Waals surface area (Å²) < 4.78 is 4.53. The van der Waals surface area contributed by atoms with Gasteiger partial charge in [0.05, 0.1) is 19.6 Å². The molecule has 1 rings (SSSR count). The van der Waals surface area contributed by atoms with Gasteiger partial charge in [-0.15, -0.1) is 12.4 Å². The Hall–Kier alpha value is -1.96. The van der Waals surface area contributed by atoms with E-state index in [1.807, 2.05) is 0 Å². The predicted molar refractivity (Wildman–Crippen MR) is 81.9 cm³/mol. The minimum absolute atomic E-state index is 0. The Morgan fingerprint density at radius 3 is 2.32 bits per heavy atom. The number of carboxylic acid groups (broad SMARTS) is 1. The summed E-state index contributed by atoms with van der Waals surface area (Å²) in [5, 5.41) is 8.69. The molecule has 22 heavy (non-hydrogen) atoms. The minimum atomic E-state index is -1.15. The van der Waals surface area contributed by atoms with Crippen LogP contribution in [0.5, 0.6) is 0 Å². The first-order valence-corrected chi connectivity index (χ1v) is 6.29. The second-order valence-electron chi connectivity index (χ2n) is 4.56. The summed E-state index contributed by atoms with van der Waals surface area (Å²) in [5.74, 6) is -2.24. The lowest BCUT2D eigenvalue weighted by Gasteiger charge is -2.14. The van der Waals surface area contributed by atoms with Crippen LogP contribution in [0.2, 0.25) is 0 Å². The minimum Gasteiger partial charge on any atom is -0.481 e. The first kappa shape index (κ1) is 20.0. The summed E-state index contributed by atoms with van der Waals surface area (Å²) >= 11 is 0. The van der Waals surface area contributed by atoms with E-state index in [1.165, 1.54) is 13.2 Å². The molecule has 7 nitrogen and oxygen atoms in total. The fraction of sp³-hybridized carbons (Fsp3) is 0.357. The van der Waals surface area contributed by atoms with E-state index in [-0.39, 0.29) is 24.4 Å². The van der Waals surface area contributed by atoms with Gasteiger partial charge in [-0.05, 0) is 12.0 Å². The molecule has 0 bridgehead atoms. The lowest BCUT2D eigenvalue weighted by Crippen LogP contribution is -2.36. The Morgan fingerprint density at radius 1 is 1.18 bits per heavy atom. The number of Topliss-reactive ketones (excluding diaryl/α,β-unsaturated/α-hetero) is 1. The summed E-state index contributed by atoms with van der Waals surface area (Å²) in [6, 6.07) is 4.46. The second kappa shape index (κ2) is 9.14. The molecule has 2 atom stereocenters. The molecule has 0 radical (unpaired) electrons. The summed E-state index contributed by atoms with van der Waals surface area (Å²) in [6.45, 7) is 0. The van der Waals surface area contributed by atoms with Crippen LogP contribution < -0.4 is 11.5 Å². The number of benzene rings is 1. The highest BCUT2D eigenvalue weighted by molar-refractivity contribution is 6.02. The molecule has 122 valence electrons. The Morgan fingerprint density at radius 2 is 1.77 bits per heavy atom. The van der Waals surface area contributed by atoms with Crippen molar-refractivity contribution in [2.24, 2.45) is 11.5 Å². The van der Waals surface area contributed by atoms with Crippen molar-refractivity contribution in [1.82, 2.24) is 0 Å². The zero-order valence-electron chi connectivity index (χ0n) is 12.0. The van der Waals surface area contributed by atoms with Crippen LogP contribution in [-0.4, -0.2) is 42.0 Å². The van der Waals surface area contributed by atoms with Crippen LogP contribution in [-0.2, 0) is 20.7 Å². The van der Waals surface area contributed by atoms with E-state index in [4.69, 9.17) is 16.6 Å². The average Bonchev–Trinajstić information content (AvgIpc) is 2.45. The first-order valence-electron chi connectivity index (χ1n) is 6.29. The van der Waals surface area contributed by atoms with Crippen molar-refractivity contribution in [3.63, 3.8) is 0 Å². The number of nitrogens with two attached hydrogens (primary N) is 2. The monoisotopic (exact) mass is 330 g/mol. The molecule has 0 aliphatic rings. The molecule has 0 saturated heterocycles. The number of carbonyl (C=O) groups excluding carboxylic acids is 2. The lowest BCUT2D eigenvalue weighted by atomic mass is 9.94. The van der Waals surface area contributed by atoms with Crippen molar-refractivity contribution in [3.05, 3.63) is 35.4 Å². The van der Waals surface area contributed by atoms with Gasteiger partial charge in [0.15, 0.2) is 5.78 Å². The van der Waals surface area contributed by atoms with E-state index in [2.05, 4.69) is 4.74 Å². The molecule has 0 aromatic heterocycles. The quantitative estimate of drug-likeness (QED) is 0.478. The first-order chi connectivity index (χ1) is 9.86. The van der Waals surface area contributed by atoms with Crippen LogP contribution in [0.1, 0.15) is 22.3 Å². The topological polar surface area (TPSA) is 133 Å². The van der Waals surface area contributed by atoms with E-state index in [9.17, 15) is 14.4 Å². The predicted octanol–water partition coefficient (Wildman–Crippen LogP) is 0.136. The molecule has 0 amide bonds. The summed E-state index contributed by atoms with van der Waals surface area (Å²) in [7, 11) is 1.22. The van der Waals surface area contributed by atoms with Crippen molar-refractivity contribution in [2.75, 3.05) is 7.11 Å². The highest BCUT2D eigenvalue weighted by atomic mass is 35.5. The number of carbonyl (C=O) groups is 3. The Balaban J connectivity index is 0.00000441. The van der Waals surface area contributed by atoms with Gasteiger partial charge in [0.2, 0.25) is 0 Å². The molecule has 1 aromatic carbocycles. The van der Waals surface area contributed by atoms with Gasteiger partial charge in [-0.2, -0.15) is 0 Å². The van der Waals surface area contributed by atoms with Crippen LogP contribution in [0.3, 0.4) is 0 Å². The normalized spacial score (nSPS) is 12.7. The van der Waals surface area contributed by atoms with Gasteiger partial charge in [0.1, 0.15) is 6.04 Å². The number of methoxy groups -OCH3 is 1. The van der Waals surface area contributed by atoms with E-state index < -0.39 is 36.2 Å². The zero-order valence-corrected chi connectivity index (χ0v) is 12.8. The van der Waals surface area contributed by atoms with E-state index in [1.54, 1.807) is 18.2 Å². The summed E-state index contributed by atoms with van der Waals surface area (Å²) in [5.41, 5.74) is 12.1. The number of esters is 1. The molecule has 0 unspecified atom stereocenters. The molecule has 0 aliphatic heterocycles. The third kappa shape index (κ3) is 5.44. The molecular weight excluding hydrogens is 312 g/mol. The Labute approximate surface area is 134 Å². The number of hydrogen-bond acceptors (Lipinski definition) is 6. The van der Waals surface area contributed by atoms with Crippen molar-refractivity contribution < 1.29 is 24.2 Å². The maximum absolute atomic E-state index is 12.2. The molecule has 0 spiro atoms. The van der Waals surface area contributed by atoms with Gasteiger partial charge < -0.3 is 21.3 Å². The molecule has 0 fully saturated rings. The van der Waals surface area contributed by atoms with Gasteiger partial charge in [-0.1, -0.05) is 24.3 Å². The smallest absolute Gasteiger partial charge is 0.322 e. The largest absolute Gasteiger partial charge is 0.481 e. The van der Waals surface area contributed by atoms with Crippen LogP contribution in [0.4, 0.5) is 0 Å². The fourth-order valence-electron chi connectivity index (χ4n) is 1.89. The Bertz CT molecular complexity index is 550. The average molecular weight is 331 g/mol. The van der Waals surface area contributed by atoms with Gasteiger partial charge in [0, 0.05) is 5.56 Å². The van der Waals surface area contributed by atoms with Crippen LogP contribution in [0.15, 0.2) is 24.3 Å². The van der Waals surface area contributed by atoms with Gasteiger partial charge >= 0.3 is 11.9 Å². The van der Waals surface area contributed by atoms with Gasteiger partial charge in [0.25, 0.3) is 0 Å². The standard InChI is InChI=1S/C14H18N2O5.ClH/c1-21-14(20)11(16)6-8-4-2-3-5-9(8)13(19)10(15)7-12(17)18;/h2-5,10-11H,6-7,15-16H2,1H3,(H,17,18);1H/t10-,11-;/m0./s1. The molecular formula is C14H19ClN2O5. The van der Waals surface area contributed by atoms with Crippen LogP contribution >= 0.6 is 12.4 Å². The number of carboxylic acids is 1. The molecule has 0 saturated carbocycles. The number of hydrogen-bond donors (Lipinski definition) is 3. The van der Waals surface area contributed by atoms with Crippen molar-refractivity contribution >= 4 is 30.1 Å². The highest BCUT2D eigenvalue weighted by Gasteiger charge is 2.23. The number of ketones is 1.